The maximum absolute atomic E-state index is 14.0. The normalized spacial score (nSPS) is 12.1. The molecule has 0 saturated heterocycles. The summed E-state index contributed by atoms with van der Waals surface area (Å²) < 4.78 is 18.6. The van der Waals surface area contributed by atoms with Crippen LogP contribution in [0.5, 0.6) is 0 Å². The van der Waals surface area contributed by atoms with Crippen LogP contribution in [-0.4, -0.2) is 14.1 Å². The molecule has 0 aliphatic heterocycles. The average molecular weight is 588 g/mol. The van der Waals surface area contributed by atoms with Crippen molar-refractivity contribution in [3.63, 3.8) is 0 Å². The highest BCUT2D eigenvalue weighted by Crippen LogP contribution is 2.40. The van der Waals surface area contributed by atoms with Crippen molar-refractivity contribution in [3.8, 4) is 22.8 Å². The highest BCUT2D eigenvalue weighted by atomic mass is 19.1. The summed E-state index contributed by atoms with van der Waals surface area (Å²) in [5, 5.41) is 4.65. The highest BCUT2D eigenvalue weighted by molar-refractivity contribution is 6.14. The molecule has 0 spiro atoms. The van der Waals surface area contributed by atoms with E-state index in [0.29, 0.717) is 11.8 Å². The molecule has 0 aliphatic rings. The lowest BCUT2D eigenvalue weighted by molar-refractivity contribution is 0.627. The number of nitrogens with zero attached hydrogens (tertiary/aromatic N) is 3. The van der Waals surface area contributed by atoms with E-state index in [4.69, 9.17) is 4.98 Å². The number of aromatic nitrogens is 3. The largest absolute Gasteiger partial charge is 0.309 e. The summed E-state index contributed by atoms with van der Waals surface area (Å²) in [5.41, 5.74) is 10.1. The Morgan fingerprint density at radius 2 is 1.20 bits per heavy atom. The van der Waals surface area contributed by atoms with E-state index in [0.717, 1.165) is 49.9 Å². The van der Waals surface area contributed by atoms with Gasteiger partial charge in [0.15, 0.2) is 0 Å². The Morgan fingerprint density at radius 1 is 0.556 bits per heavy atom. The molecule has 0 unspecified atom stereocenters. The Morgan fingerprint density at radius 3 is 1.91 bits per heavy atom. The van der Waals surface area contributed by atoms with E-state index < -0.39 is 0 Å². The summed E-state index contributed by atoms with van der Waals surface area (Å²) >= 11 is 0. The Bertz CT molecular complexity index is 2360. The third-order valence-corrected chi connectivity index (χ3v) is 9.10. The summed E-state index contributed by atoms with van der Waals surface area (Å²) in [6.07, 6.45) is 0. The summed E-state index contributed by atoms with van der Waals surface area (Å²) in [6, 6.07) is 41.6. The molecule has 2 heterocycles. The minimum atomic E-state index is -0.242. The monoisotopic (exact) mass is 587 g/mol. The Labute approximate surface area is 262 Å². The quantitative estimate of drug-likeness (QED) is 0.196. The number of fused-ring (bicyclic) bond motifs is 5. The van der Waals surface area contributed by atoms with Crippen LogP contribution in [0.3, 0.4) is 0 Å². The van der Waals surface area contributed by atoms with Gasteiger partial charge in [-0.25, -0.2) is 9.37 Å². The number of hydrogen-bond acceptors (Lipinski definition) is 1. The van der Waals surface area contributed by atoms with E-state index in [1.807, 2.05) is 12.1 Å². The highest BCUT2D eigenvalue weighted by Gasteiger charge is 2.23. The number of rotatable bonds is 5. The molecule has 0 aliphatic carbocycles. The van der Waals surface area contributed by atoms with Gasteiger partial charge in [-0.1, -0.05) is 82.3 Å². The Hall–Kier alpha value is -5.22. The molecule has 0 saturated carbocycles. The van der Waals surface area contributed by atoms with Gasteiger partial charge in [-0.3, -0.25) is 4.57 Å². The van der Waals surface area contributed by atoms with Gasteiger partial charge < -0.3 is 4.57 Å². The number of hydrogen-bond donors (Lipinski definition) is 0. The molecule has 45 heavy (non-hydrogen) atoms. The fourth-order valence-electron chi connectivity index (χ4n) is 6.93. The van der Waals surface area contributed by atoms with Gasteiger partial charge in [0.05, 0.1) is 27.8 Å². The van der Waals surface area contributed by atoms with Crippen LogP contribution in [0, 0.1) is 5.82 Å². The maximum Gasteiger partial charge on any atom is 0.145 e. The zero-order valence-corrected chi connectivity index (χ0v) is 25.9. The molecule has 0 amide bonds. The van der Waals surface area contributed by atoms with E-state index in [1.54, 1.807) is 0 Å². The zero-order valence-electron chi connectivity index (χ0n) is 25.9. The first-order chi connectivity index (χ1) is 21.9. The van der Waals surface area contributed by atoms with E-state index in [-0.39, 0.29) is 5.82 Å². The molecule has 8 aromatic rings. The van der Waals surface area contributed by atoms with E-state index in [9.17, 15) is 4.39 Å². The predicted octanol–water partition coefficient (Wildman–Crippen LogP) is 11.3. The topological polar surface area (TPSA) is 22.8 Å². The standard InChI is InChI=1S/C41H34FN3/c1-25(2)32-12-9-13-33(26(3)4)40(32)45-38-15-8-7-14-36(38)43-41(45)29-16-21-37-34(23-29)35-22-27-10-5-6-11-28(27)24-39(35)44(37)31-19-17-30(42)18-20-31/h5-26H,1-4H3. The minimum absolute atomic E-state index is 0.242. The van der Waals surface area contributed by atoms with Gasteiger partial charge in [-0.2, -0.15) is 0 Å². The fraction of sp³-hybridized carbons (Fsp3) is 0.146. The van der Waals surface area contributed by atoms with Crippen LogP contribution in [0.1, 0.15) is 50.7 Å². The van der Waals surface area contributed by atoms with Gasteiger partial charge in [0, 0.05) is 22.0 Å². The van der Waals surface area contributed by atoms with E-state index in [2.05, 4.69) is 134 Å². The number of para-hydroxylation sites is 3. The van der Waals surface area contributed by atoms with Crippen LogP contribution in [0.25, 0.3) is 66.4 Å². The third kappa shape index (κ3) is 4.35. The first-order valence-corrected chi connectivity index (χ1v) is 15.7. The number of imidazole rings is 1. The van der Waals surface area contributed by atoms with Gasteiger partial charge >= 0.3 is 0 Å². The Balaban J connectivity index is 1.46. The lowest BCUT2D eigenvalue weighted by Gasteiger charge is -2.22. The molecule has 3 nitrogen and oxygen atoms in total. The second kappa shape index (κ2) is 10.4. The molecular formula is C41H34FN3. The molecule has 0 bridgehead atoms. The molecule has 0 radical (unpaired) electrons. The first-order valence-electron chi connectivity index (χ1n) is 15.7. The van der Waals surface area contributed by atoms with Crippen molar-refractivity contribution < 1.29 is 4.39 Å². The fourth-order valence-corrected chi connectivity index (χ4v) is 6.93. The minimum Gasteiger partial charge on any atom is -0.309 e. The Kier molecular flexibility index (Phi) is 6.35. The number of halogens is 1. The van der Waals surface area contributed by atoms with Crippen molar-refractivity contribution in [3.05, 3.63) is 138 Å². The summed E-state index contributed by atoms with van der Waals surface area (Å²) in [7, 11) is 0. The SMILES string of the molecule is CC(C)c1cccc(C(C)C)c1-n1c(-c2ccc3c(c2)c2cc4ccccc4cc2n3-c2ccc(F)cc2)nc2ccccc21. The first kappa shape index (κ1) is 27.3. The summed E-state index contributed by atoms with van der Waals surface area (Å²) in [5.74, 6) is 1.37. The molecular weight excluding hydrogens is 553 g/mol. The lowest BCUT2D eigenvalue weighted by atomic mass is 9.92. The second-order valence-electron chi connectivity index (χ2n) is 12.6. The number of benzene rings is 6. The molecule has 4 heteroatoms. The molecule has 2 aromatic heterocycles. The van der Waals surface area contributed by atoms with Gasteiger partial charge in [-0.15, -0.1) is 0 Å². The second-order valence-corrected chi connectivity index (χ2v) is 12.6. The van der Waals surface area contributed by atoms with Crippen LogP contribution >= 0.6 is 0 Å². The smallest absolute Gasteiger partial charge is 0.145 e. The zero-order chi connectivity index (χ0) is 30.8. The van der Waals surface area contributed by atoms with Crippen LogP contribution in [0.2, 0.25) is 0 Å². The lowest BCUT2D eigenvalue weighted by Crippen LogP contribution is -2.08. The van der Waals surface area contributed by atoms with Crippen LogP contribution in [0.4, 0.5) is 4.39 Å². The van der Waals surface area contributed by atoms with Crippen LogP contribution in [0.15, 0.2) is 121 Å². The van der Waals surface area contributed by atoms with Crippen LogP contribution in [-0.2, 0) is 0 Å². The predicted molar refractivity (Wildman–Crippen MR) is 186 cm³/mol. The third-order valence-electron chi connectivity index (χ3n) is 9.10. The summed E-state index contributed by atoms with van der Waals surface area (Å²) in [4.78, 5) is 5.29. The molecule has 8 rings (SSSR count). The van der Waals surface area contributed by atoms with E-state index >= 15 is 0 Å². The van der Waals surface area contributed by atoms with Crippen molar-refractivity contribution in [2.45, 2.75) is 39.5 Å². The van der Waals surface area contributed by atoms with Crippen molar-refractivity contribution in [1.82, 2.24) is 14.1 Å². The van der Waals surface area contributed by atoms with Crippen molar-refractivity contribution >= 4 is 43.6 Å². The van der Waals surface area contributed by atoms with Crippen molar-refractivity contribution in [1.29, 1.82) is 0 Å². The summed E-state index contributed by atoms with van der Waals surface area (Å²) in [6.45, 7) is 9.07. The maximum atomic E-state index is 14.0. The van der Waals surface area contributed by atoms with Crippen LogP contribution < -0.4 is 0 Å². The molecule has 6 aromatic carbocycles. The van der Waals surface area contributed by atoms with Crippen molar-refractivity contribution in [2.24, 2.45) is 0 Å². The molecule has 0 fully saturated rings. The molecule has 0 N–H and O–H groups in total. The van der Waals surface area contributed by atoms with Gasteiger partial charge in [-0.05, 0) is 100 Å². The molecule has 0 atom stereocenters. The van der Waals surface area contributed by atoms with Gasteiger partial charge in [0.25, 0.3) is 0 Å². The van der Waals surface area contributed by atoms with Crippen molar-refractivity contribution in [2.75, 3.05) is 0 Å². The van der Waals surface area contributed by atoms with Gasteiger partial charge in [0.2, 0.25) is 0 Å². The molecule has 220 valence electrons. The van der Waals surface area contributed by atoms with E-state index in [1.165, 1.54) is 39.7 Å². The average Bonchev–Trinajstić information content (AvgIpc) is 3.59. The van der Waals surface area contributed by atoms with Gasteiger partial charge in [0.1, 0.15) is 11.6 Å².